The van der Waals surface area contributed by atoms with Crippen LogP contribution in [0.25, 0.3) is 16.0 Å². The van der Waals surface area contributed by atoms with Gasteiger partial charge in [-0.05, 0) is 0 Å². The Bertz CT molecular complexity index is 210. The van der Waals surface area contributed by atoms with Crippen molar-refractivity contribution in [2.45, 2.75) is 86.5 Å². The zero-order chi connectivity index (χ0) is 20.1. The molecule has 1 aliphatic carbocycles. The van der Waals surface area contributed by atoms with Gasteiger partial charge in [-0.15, -0.1) is 45.7 Å². The molecule has 0 atom stereocenters. The first-order valence-electron chi connectivity index (χ1n) is 10.9. The third kappa shape index (κ3) is 51.8. The molecule has 4 heteroatoms. The van der Waals surface area contributed by atoms with Crippen molar-refractivity contribution in [2.75, 3.05) is 39.3 Å². The van der Waals surface area contributed by atoms with Crippen molar-refractivity contribution in [2.24, 2.45) is 0 Å². The summed E-state index contributed by atoms with van der Waals surface area (Å²) < 4.78 is 0. The van der Waals surface area contributed by atoms with E-state index in [0.29, 0.717) is 0 Å². The van der Waals surface area contributed by atoms with Crippen molar-refractivity contribution in [3.8, 4) is 0 Å². The van der Waals surface area contributed by atoms with Gasteiger partial charge in [-0.1, -0.05) is 80.1 Å². The van der Waals surface area contributed by atoms with E-state index in [4.69, 9.17) is 0 Å². The third-order valence-corrected chi connectivity index (χ3v) is 2.88. The molecule has 1 aliphatic rings. The minimum Gasteiger partial charge on any atom is -0.662 e. The van der Waals surface area contributed by atoms with Crippen LogP contribution in [-0.2, 0) is 21.7 Å². The molecule has 0 fully saturated rings. The van der Waals surface area contributed by atoms with Gasteiger partial charge >= 0.3 is 21.7 Å². The minimum atomic E-state index is 0. The van der Waals surface area contributed by atoms with Gasteiger partial charge in [0.1, 0.15) is 0 Å². The van der Waals surface area contributed by atoms with Gasteiger partial charge in [0.25, 0.3) is 0 Å². The Morgan fingerprint density at radius 2 is 0.889 bits per heavy atom. The Hall–Kier alpha value is 0.0743. The molecule has 0 aromatic carbocycles. The van der Waals surface area contributed by atoms with E-state index >= 15 is 0 Å². The van der Waals surface area contributed by atoms with E-state index in [1.807, 2.05) is 12.2 Å². The Morgan fingerprint density at radius 1 is 0.593 bits per heavy atom. The van der Waals surface area contributed by atoms with Crippen LogP contribution in [0.1, 0.15) is 86.5 Å². The van der Waals surface area contributed by atoms with Gasteiger partial charge in [-0.25, -0.2) is 12.2 Å². The zero-order valence-electron chi connectivity index (χ0n) is 19.3. The van der Waals surface area contributed by atoms with Crippen LogP contribution in [0.2, 0.25) is 0 Å². The molecular weight excluding hydrogens is 366 g/mol. The molecule has 0 aromatic rings. The van der Waals surface area contributed by atoms with E-state index in [2.05, 4.69) is 69.6 Å². The summed E-state index contributed by atoms with van der Waals surface area (Å²) in [7, 11) is 0. The molecule has 0 bridgehead atoms. The fraction of sp³-hybridized carbons (Fsp3) is 0.826. The predicted molar refractivity (Wildman–Crippen MR) is 123 cm³/mol. The van der Waals surface area contributed by atoms with Crippen LogP contribution in [0.3, 0.4) is 0 Å². The van der Waals surface area contributed by atoms with Gasteiger partial charge in [0.05, 0.1) is 0 Å². The molecule has 158 valence electrons. The molecule has 27 heavy (non-hydrogen) atoms. The number of rotatable bonds is 12. The molecule has 0 aliphatic heterocycles. The van der Waals surface area contributed by atoms with Crippen LogP contribution < -0.4 is 0 Å². The van der Waals surface area contributed by atoms with E-state index < -0.39 is 0 Å². The van der Waals surface area contributed by atoms with E-state index in [-0.39, 0.29) is 21.7 Å². The van der Waals surface area contributed by atoms with Crippen molar-refractivity contribution in [1.82, 2.24) is 0 Å². The molecular formula is C23H47N3Ti. The van der Waals surface area contributed by atoms with E-state index in [1.54, 1.807) is 0 Å². The minimum absolute atomic E-state index is 0. The summed E-state index contributed by atoms with van der Waals surface area (Å²) >= 11 is 0. The molecule has 0 heterocycles. The average molecular weight is 414 g/mol. The Labute approximate surface area is 187 Å². The first-order valence-corrected chi connectivity index (χ1v) is 10.9. The smallest absolute Gasteiger partial charge is 0.662 e. The van der Waals surface area contributed by atoms with E-state index in [1.165, 1.54) is 38.5 Å². The topological polar surface area (TPSA) is 42.3 Å². The molecule has 3 nitrogen and oxygen atoms in total. The molecule has 0 aromatic heterocycles. The molecule has 0 unspecified atom stereocenters. The fourth-order valence-electron chi connectivity index (χ4n) is 1.62. The summed E-state index contributed by atoms with van der Waals surface area (Å²) in [6.45, 7) is 19.2. The van der Waals surface area contributed by atoms with Crippen LogP contribution in [0.5, 0.6) is 0 Å². The summed E-state index contributed by atoms with van der Waals surface area (Å²) in [6, 6.07) is 0. The van der Waals surface area contributed by atoms with Gasteiger partial charge in [0, 0.05) is 0 Å². The maximum atomic E-state index is 4.21. The summed E-state index contributed by atoms with van der Waals surface area (Å²) in [5, 5.41) is 12.6. The second kappa shape index (κ2) is 40.7. The van der Waals surface area contributed by atoms with Crippen LogP contribution in [0.4, 0.5) is 0 Å². The van der Waals surface area contributed by atoms with Gasteiger partial charge in [-0.3, -0.25) is 6.08 Å². The van der Waals surface area contributed by atoms with Gasteiger partial charge in [-0.2, -0.15) is 6.08 Å². The second-order valence-electron chi connectivity index (χ2n) is 6.02. The first-order chi connectivity index (χ1) is 12.7. The maximum Gasteiger partial charge on any atom is 4.00 e. The van der Waals surface area contributed by atoms with Crippen LogP contribution in [0, 0.1) is 6.08 Å². The van der Waals surface area contributed by atoms with Crippen molar-refractivity contribution in [3.63, 3.8) is 0 Å². The predicted octanol–water partition coefficient (Wildman–Crippen LogP) is 7.84. The summed E-state index contributed by atoms with van der Waals surface area (Å²) in [5.41, 5.74) is 0. The molecule has 1 rings (SSSR count). The molecule has 0 amide bonds. The number of hydrogen-bond acceptors (Lipinski definition) is 0. The van der Waals surface area contributed by atoms with Gasteiger partial charge in [0.15, 0.2) is 0 Å². The van der Waals surface area contributed by atoms with Crippen molar-refractivity contribution < 1.29 is 21.7 Å². The van der Waals surface area contributed by atoms with E-state index in [0.717, 1.165) is 45.7 Å². The standard InChI is InChI=1S/3C6H14N.C5H5.Ti/c3*1-3-5-7-6-4-2;1-2-4-5-3-1;/h3*3-6H2,1-2H3;1-3H,4H2;/q4*-1;+4. The summed E-state index contributed by atoms with van der Waals surface area (Å²) in [5.74, 6) is 0. The molecule has 0 spiro atoms. The van der Waals surface area contributed by atoms with Crippen LogP contribution in [0.15, 0.2) is 18.2 Å². The Balaban J connectivity index is -0.000000130. The van der Waals surface area contributed by atoms with Gasteiger partial charge < -0.3 is 16.0 Å². The monoisotopic (exact) mass is 413 g/mol. The van der Waals surface area contributed by atoms with Crippen LogP contribution >= 0.6 is 0 Å². The molecule has 0 saturated carbocycles. The summed E-state index contributed by atoms with van der Waals surface area (Å²) in [6.07, 6.45) is 17.2. The van der Waals surface area contributed by atoms with E-state index in [9.17, 15) is 0 Å². The average Bonchev–Trinajstić information content (AvgIpc) is 3.24. The Kier molecular flexibility index (Phi) is 52.1. The molecule has 0 radical (unpaired) electrons. The number of nitrogens with zero attached hydrogens (tertiary/aromatic N) is 3. The SMILES string of the molecule is CCC[N-]CCC.CCC[N-]CCC.CCC[N-]CCC.[C-]1=CC=CC1.[Ti+4]. The molecule has 0 N–H and O–H groups in total. The number of hydrogen-bond donors (Lipinski definition) is 0. The Morgan fingerprint density at radius 3 is 1.00 bits per heavy atom. The second-order valence-corrected chi connectivity index (χ2v) is 6.02. The largest absolute Gasteiger partial charge is 4.00 e. The van der Waals surface area contributed by atoms with Crippen molar-refractivity contribution in [3.05, 3.63) is 40.3 Å². The zero-order valence-corrected chi connectivity index (χ0v) is 20.8. The normalized spacial score (nSPS) is 10.6. The third-order valence-electron chi connectivity index (χ3n) is 2.88. The van der Waals surface area contributed by atoms with Gasteiger partial charge in [0.2, 0.25) is 0 Å². The number of allylic oxidation sites excluding steroid dienone is 4. The van der Waals surface area contributed by atoms with Crippen molar-refractivity contribution in [1.29, 1.82) is 0 Å². The summed E-state index contributed by atoms with van der Waals surface area (Å²) in [4.78, 5) is 0. The van der Waals surface area contributed by atoms with Crippen molar-refractivity contribution >= 4 is 0 Å². The quantitative estimate of drug-likeness (QED) is 0.178. The fourth-order valence-corrected chi connectivity index (χ4v) is 1.62. The van der Waals surface area contributed by atoms with Crippen LogP contribution in [-0.4, -0.2) is 39.3 Å². The first kappa shape index (κ1) is 34.6. The molecule has 0 saturated heterocycles. The maximum absolute atomic E-state index is 4.21.